The summed E-state index contributed by atoms with van der Waals surface area (Å²) in [6, 6.07) is 17.4. The van der Waals surface area contributed by atoms with Crippen LogP contribution in [-0.4, -0.2) is 41.7 Å². The number of anilines is 1. The molecule has 0 saturated carbocycles. The molecule has 1 heterocycles. The summed E-state index contributed by atoms with van der Waals surface area (Å²) in [5.74, 6) is -0.150. The SMILES string of the molecule is O=C(Nc1cccc(CO)c1)C1CN(Cc2ccccc2)CCO1. The molecule has 1 unspecified atom stereocenters. The first-order valence-corrected chi connectivity index (χ1v) is 8.13. The van der Waals surface area contributed by atoms with E-state index in [0.29, 0.717) is 18.8 Å². The number of carbonyl (C=O) groups is 1. The van der Waals surface area contributed by atoms with Gasteiger partial charge >= 0.3 is 0 Å². The molecule has 0 aromatic heterocycles. The summed E-state index contributed by atoms with van der Waals surface area (Å²) in [6.07, 6.45) is -0.486. The first-order chi connectivity index (χ1) is 11.7. The van der Waals surface area contributed by atoms with Crippen LogP contribution in [0.2, 0.25) is 0 Å². The maximum atomic E-state index is 12.4. The summed E-state index contributed by atoms with van der Waals surface area (Å²) in [5.41, 5.74) is 2.67. The molecule has 1 amide bonds. The summed E-state index contributed by atoms with van der Waals surface area (Å²) in [4.78, 5) is 14.7. The Bertz CT molecular complexity index is 675. The fourth-order valence-electron chi connectivity index (χ4n) is 2.82. The normalized spacial score (nSPS) is 18.3. The van der Waals surface area contributed by atoms with Crippen LogP contribution in [0.3, 0.4) is 0 Å². The van der Waals surface area contributed by atoms with Crippen molar-refractivity contribution in [1.82, 2.24) is 4.90 Å². The van der Waals surface area contributed by atoms with Crippen molar-refractivity contribution in [3.8, 4) is 0 Å². The minimum absolute atomic E-state index is 0.0471. The van der Waals surface area contributed by atoms with Gasteiger partial charge in [0.1, 0.15) is 6.10 Å². The van der Waals surface area contributed by atoms with Gasteiger partial charge in [-0.15, -0.1) is 0 Å². The monoisotopic (exact) mass is 326 g/mol. The number of rotatable bonds is 5. The summed E-state index contributed by atoms with van der Waals surface area (Å²) in [6.45, 7) is 2.70. The molecule has 2 aromatic carbocycles. The van der Waals surface area contributed by atoms with Gasteiger partial charge in [0, 0.05) is 25.3 Å². The highest BCUT2D eigenvalue weighted by Crippen LogP contribution is 2.14. The number of morpholine rings is 1. The third-order valence-corrected chi connectivity index (χ3v) is 4.07. The fourth-order valence-corrected chi connectivity index (χ4v) is 2.82. The van der Waals surface area contributed by atoms with Gasteiger partial charge in [-0.25, -0.2) is 0 Å². The molecule has 1 fully saturated rings. The lowest BCUT2D eigenvalue weighted by Crippen LogP contribution is -2.47. The van der Waals surface area contributed by atoms with E-state index in [1.165, 1.54) is 5.56 Å². The van der Waals surface area contributed by atoms with Crippen molar-refractivity contribution in [2.45, 2.75) is 19.3 Å². The summed E-state index contributed by atoms with van der Waals surface area (Å²) in [7, 11) is 0. The molecule has 0 spiro atoms. The van der Waals surface area contributed by atoms with Gasteiger partial charge in [-0.3, -0.25) is 9.69 Å². The zero-order valence-electron chi connectivity index (χ0n) is 13.5. The van der Waals surface area contributed by atoms with Gasteiger partial charge in [0.05, 0.1) is 13.2 Å². The molecular weight excluding hydrogens is 304 g/mol. The number of benzene rings is 2. The molecule has 24 heavy (non-hydrogen) atoms. The van der Waals surface area contributed by atoms with E-state index in [1.54, 1.807) is 6.07 Å². The Balaban J connectivity index is 1.58. The lowest BCUT2D eigenvalue weighted by atomic mass is 10.1. The second-order valence-electron chi connectivity index (χ2n) is 5.93. The number of hydrogen-bond donors (Lipinski definition) is 2. The number of hydrogen-bond acceptors (Lipinski definition) is 4. The predicted molar refractivity (Wildman–Crippen MR) is 92.5 cm³/mol. The van der Waals surface area contributed by atoms with Crippen LogP contribution in [0.1, 0.15) is 11.1 Å². The molecule has 3 rings (SSSR count). The zero-order valence-corrected chi connectivity index (χ0v) is 13.5. The van der Waals surface area contributed by atoms with Crippen LogP contribution in [0, 0.1) is 0 Å². The number of ether oxygens (including phenoxy) is 1. The molecule has 0 radical (unpaired) electrons. The average molecular weight is 326 g/mol. The fraction of sp³-hybridized carbons (Fsp3) is 0.316. The zero-order chi connectivity index (χ0) is 16.8. The highest BCUT2D eigenvalue weighted by Gasteiger charge is 2.26. The second-order valence-corrected chi connectivity index (χ2v) is 5.93. The number of nitrogens with one attached hydrogen (secondary N) is 1. The maximum Gasteiger partial charge on any atom is 0.254 e. The van der Waals surface area contributed by atoms with Gasteiger partial charge < -0.3 is 15.2 Å². The molecule has 1 saturated heterocycles. The van der Waals surface area contributed by atoms with E-state index in [0.717, 1.165) is 18.7 Å². The Morgan fingerprint density at radius 2 is 1.96 bits per heavy atom. The lowest BCUT2D eigenvalue weighted by Gasteiger charge is -2.32. The van der Waals surface area contributed by atoms with E-state index < -0.39 is 6.10 Å². The van der Waals surface area contributed by atoms with E-state index in [1.807, 2.05) is 36.4 Å². The van der Waals surface area contributed by atoms with Crippen LogP contribution in [0.4, 0.5) is 5.69 Å². The smallest absolute Gasteiger partial charge is 0.254 e. The molecule has 0 bridgehead atoms. The highest BCUT2D eigenvalue weighted by atomic mass is 16.5. The molecule has 1 atom stereocenters. The van der Waals surface area contributed by atoms with Gasteiger partial charge in [0.15, 0.2) is 0 Å². The van der Waals surface area contributed by atoms with E-state index in [-0.39, 0.29) is 12.5 Å². The minimum Gasteiger partial charge on any atom is -0.392 e. The van der Waals surface area contributed by atoms with Gasteiger partial charge in [0.2, 0.25) is 0 Å². The van der Waals surface area contributed by atoms with Crippen molar-refractivity contribution < 1.29 is 14.6 Å². The Hall–Kier alpha value is -2.21. The minimum atomic E-state index is -0.486. The van der Waals surface area contributed by atoms with Crippen LogP contribution in [0.15, 0.2) is 54.6 Å². The second kappa shape index (κ2) is 8.06. The summed E-state index contributed by atoms with van der Waals surface area (Å²) < 4.78 is 5.63. The number of amides is 1. The van der Waals surface area contributed by atoms with Crippen LogP contribution >= 0.6 is 0 Å². The third-order valence-electron chi connectivity index (χ3n) is 4.07. The van der Waals surface area contributed by atoms with Crippen LogP contribution < -0.4 is 5.32 Å². The molecule has 5 heteroatoms. The molecule has 1 aliphatic rings. The Morgan fingerprint density at radius 3 is 2.75 bits per heavy atom. The maximum absolute atomic E-state index is 12.4. The number of aliphatic hydroxyl groups is 1. The van der Waals surface area contributed by atoms with Crippen LogP contribution in [0.25, 0.3) is 0 Å². The van der Waals surface area contributed by atoms with Crippen molar-refractivity contribution in [2.75, 3.05) is 25.0 Å². The quantitative estimate of drug-likeness (QED) is 0.882. The Labute approximate surface area is 141 Å². The van der Waals surface area contributed by atoms with Crippen LogP contribution in [-0.2, 0) is 22.7 Å². The van der Waals surface area contributed by atoms with E-state index in [4.69, 9.17) is 4.74 Å². The van der Waals surface area contributed by atoms with Crippen molar-refractivity contribution in [3.63, 3.8) is 0 Å². The van der Waals surface area contributed by atoms with Gasteiger partial charge in [-0.05, 0) is 23.3 Å². The molecular formula is C19H22N2O3. The Morgan fingerprint density at radius 1 is 1.17 bits per heavy atom. The topological polar surface area (TPSA) is 61.8 Å². The molecule has 5 nitrogen and oxygen atoms in total. The molecule has 126 valence electrons. The number of carbonyl (C=O) groups excluding carboxylic acids is 1. The van der Waals surface area contributed by atoms with Crippen molar-refractivity contribution in [1.29, 1.82) is 0 Å². The van der Waals surface area contributed by atoms with Gasteiger partial charge in [0.25, 0.3) is 5.91 Å². The third kappa shape index (κ3) is 4.41. The summed E-state index contributed by atoms with van der Waals surface area (Å²) in [5, 5.41) is 12.0. The van der Waals surface area contributed by atoms with Gasteiger partial charge in [-0.2, -0.15) is 0 Å². The largest absolute Gasteiger partial charge is 0.392 e. The molecule has 1 aliphatic heterocycles. The van der Waals surface area contributed by atoms with E-state index in [2.05, 4.69) is 22.3 Å². The average Bonchev–Trinajstić information content (AvgIpc) is 2.63. The number of aliphatic hydroxyl groups excluding tert-OH is 1. The Kier molecular flexibility index (Phi) is 5.59. The molecule has 0 aliphatic carbocycles. The highest BCUT2D eigenvalue weighted by molar-refractivity contribution is 5.94. The van der Waals surface area contributed by atoms with Crippen molar-refractivity contribution in [3.05, 3.63) is 65.7 Å². The van der Waals surface area contributed by atoms with Crippen molar-refractivity contribution >= 4 is 11.6 Å². The first kappa shape index (κ1) is 16.6. The van der Waals surface area contributed by atoms with E-state index >= 15 is 0 Å². The lowest BCUT2D eigenvalue weighted by molar-refractivity contribution is -0.133. The summed E-state index contributed by atoms with van der Waals surface area (Å²) >= 11 is 0. The van der Waals surface area contributed by atoms with Crippen LogP contribution in [0.5, 0.6) is 0 Å². The standard InChI is InChI=1S/C19H22N2O3/c22-14-16-7-4-8-17(11-16)20-19(23)18-13-21(9-10-24-18)12-15-5-2-1-3-6-15/h1-8,11,18,22H,9-10,12-14H2,(H,20,23). The predicted octanol–water partition coefficient (Wildman–Crippen LogP) is 2.02. The number of nitrogens with zero attached hydrogens (tertiary/aromatic N) is 1. The van der Waals surface area contributed by atoms with Crippen molar-refractivity contribution in [2.24, 2.45) is 0 Å². The van der Waals surface area contributed by atoms with Gasteiger partial charge in [-0.1, -0.05) is 42.5 Å². The molecule has 2 aromatic rings. The van der Waals surface area contributed by atoms with E-state index in [9.17, 15) is 9.90 Å². The molecule has 2 N–H and O–H groups in total. The first-order valence-electron chi connectivity index (χ1n) is 8.13.